The molecular weight excluding hydrogens is 391 g/mol. The normalized spacial score (nSPS) is 26.1. The van der Waals surface area contributed by atoms with Gasteiger partial charge in [0.15, 0.2) is 0 Å². The number of urea groups is 1. The van der Waals surface area contributed by atoms with Crippen molar-refractivity contribution < 1.29 is 23.5 Å². The Hall–Kier alpha value is -2.68. The third-order valence-corrected chi connectivity index (χ3v) is 5.88. The average molecular weight is 418 g/mol. The van der Waals surface area contributed by atoms with E-state index >= 15 is 0 Å². The lowest BCUT2D eigenvalue weighted by Gasteiger charge is -2.47. The van der Waals surface area contributed by atoms with E-state index in [9.17, 15) is 18.8 Å². The first-order valence-electron chi connectivity index (χ1n) is 10.4. The molecule has 0 saturated carbocycles. The van der Waals surface area contributed by atoms with Gasteiger partial charge >= 0.3 is 6.03 Å². The molecule has 8 nitrogen and oxygen atoms in total. The highest BCUT2D eigenvalue weighted by Crippen LogP contribution is 2.30. The Morgan fingerprint density at radius 1 is 1.10 bits per heavy atom. The first-order chi connectivity index (χ1) is 14.3. The number of rotatable bonds is 4. The maximum absolute atomic E-state index is 13.1. The zero-order valence-electron chi connectivity index (χ0n) is 17.2. The number of carbonyl (C=O) groups excluding carboxylic acids is 3. The van der Waals surface area contributed by atoms with E-state index < -0.39 is 12.1 Å². The predicted octanol–water partition coefficient (Wildman–Crippen LogP) is 0.956. The molecule has 3 saturated heterocycles. The highest BCUT2D eigenvalue weighted by molar-refractivity contribution is 5.98. The second kappa shape index (κ2) is 8.22. The Morgan fingerprint density at radius 3 is 2.50 bits per heavy atom. The number of halogens is 1. The molecule has 0 bridgehead atoms. The van der Waals surface area contributed by atoms with Crippen LogP contribution in [-0.2, 0) is 20.9 Å². The van der Waals surface area contributed by atoms with E-state index in [0.29, 0.717) is 32.7 Å². The molecule has 0 aliphatic carbocycles. The number of nitrogens with one attached hydrogen (secondary N) is 1. The van der Waals surface area contributed by atoms with Crippen LogP contribution in [0.1, 0.15) is 25.8 Å². The molecule has 9 heteroatoms. The fourth-order valence-corrected chi connectivity index (χ4v) is 4.35. The van der Waals surface area contributed by atoms with E-state index in [0.717, 1.165) is 5.56 Å². The van der Waals surface area contributed by atoms with Crippen molar-refractivity contribution in [1.82, 2.24) is 20.0 Å². The van der Waals surface area contributed by atoms with Gasteiger partial charge in [0.2, 0.25) is 11.8 Å². The van der Waals surface area contributed by atoms with Crippen molar-refractivity contribution in [2.45, 2.75) is 51.1 Å². The monoisotopic (exact) mass is 418 g/mol. The molecule has 0 aromatic heterocycles. The van der Waals surface area contributed by atoms with Crippen molar-refractivity contribution in [2.75, 3.05) is 26.2 Å². The zero-order valence-corrected chi connectivity index (χ0v) is 17.2. The van der Waals surface area contributed by atoms with Gasteiger partial charge in [0.05, 0.1) is 19.3 Å². The van der Waals surface area contributed by atoms with Crippen LogP contribution in [0.2, 0.25) is 0 Å². The minimum atomic E-state index is -0.642. The zero-order chi connectivity index (χ0) is 21.4. The lowest BCUT2D eigenvalue weighted by Crippen LogP contribution is -2.69. The van der Waals surface area contributed by atoms with Crippen LogP contribution in [0, 0.1) is 5.82 Å². The summed E-state index contributed by atoms with van der Waals surface area (Å²) in [6, 6.07) is 4.70. The standard InChI is InChI=1S/C21H27FN4O4/c1-13(2)23-21(29)24-7-8-25-18(11-24)20(28)26-10-16(9-17(26)19(25)27)30-12-14-3-5-15(22)6-4-14/h3-6,13,16-18H,7-12H2,1-2H3,(H,23,29)/t16-,17+,18+/m1/s1. The summed E-state index contributed by atoms with van der Waals surface area (Å²) in [5.74, 6) is -0.508. The van der Waals surface area contributed by atoms with Crippen LogP contribution in [-0.4, -0.2) is 83.0 Å². The van der Waals surface area contributed by atoms with Crippen LogP contribution in [0.3, 0.4) is 0 Å². The molecule has 1 N–H and O–H groups in total. The second-order valence-corrected chi connectivity index (χ2v) is 8.40. The number of amides is 4. The second-order valence-electron chi connectivity index (χ2n) is 8.40. The predicted molar refractivity (Wildman–Crippen MR) is 106 cm³/mol. The minimum absolute atomic E-state index is 0.00111. The first-order valence-corrected chi connectivity index (χ1v) is 10.4. The van der Waals surface area contributed by atoms with E-state index in [1.807, 2.05) is 13.8 Å². The highest BCUT2D eigenvalue weighted by Gasteiger charge is 2.52. The molecule has 162 valence electrons. The van der Waals surface area contributed by atoms with Crippen LogP contribution in [0.25, 0.3) is 0 Å². The van der Waals surface area contributed by atoms with Gasteiger partial charge in [0.25, 0.3) is 0 Å². The van der Waals surface area contributed by atoms with E-state index in [2.05, 4.69) is 5.32 Å². The van der Waals surface area contributed by atoms with Crippen molar-refractivity contribution in [1.29, 1.82) is 0 Å². The summed E-state index contributed by atoms with van der Waals surface area (Å²) >= 11 is 0. The smallest absolute Gasteiger partial charge is 0.317 e. The number of carbonyl (C=O) groups is 3. The van der Waals surface area contributed by atoms with Crippen molar-refractivity contribution >= 4 is 17.8 Å². The van der Waals surface area contributed by atoms with Gasteiger partial charge in [-0.05, 0) is 31.5 Å². The Balaban J connectivity index is 1.39. The Labute approximate surface area is 174 Å². The van der Waals surface area contributed by atoms with E-state index in [-0.39, 0.29) is 42.4 Å². The molecule has 0 radical (unpaired) electrons. The fourth-order valence-electron chi connectivity index (χ4n) is 4.35. The fraction of sp³-hybridized carbons (Fsp3) is 0.571. The summed E-state index contributed by atoms with van der Waals surface area (Å²) in [5.41, 5.74) is 0.836. The molecule has 1 aromatic carbocycles. The lowest BCUT2D eigenvalue weighted by atomic mass is 10.0. The third kappa shape index (κ3) is 3.98. The maximum atomic E-state index is 13.1. The molecule has 4 amide bonds. The molecule has 0 unspecified atom stereocenters. The summed E-state index contributed by atoms with van der Waals surface area (Å²) in [6.07, 6.45) is 0.196. The van der Waals surface area contributed by atoms with Crippen LogP contribution < -0.4 is 5.32 Å². The van der Waals surface area contributed by atoms with Gasteiger partial charge in [-0.25, -0.2) is 9.18 Å². The summed E-state index contributed by atoms with van der Waals surface area (Å²) in [4.78, 5) is 43.3. The molecule has 1 aromatic rings. The molecule has 3 fully saturated rings. The van der Waals surface area contributed by atoms with Gasteiger partial charge in [0.1, 0.15) is 17.9 Å². The Morgan fingerprint density at radius 2 is 1.80 bits per heavy atom. The first kappa shape index (κ1) is 20.6. The quantitative estimate of drug-likeness (QED) is 0.790. The summed E-state index contributed by atoms with van der Waals surface area (Å²) < 4.78 is 19.0. The topological polar surface area (TPSA) is 82.2 Å². The van der Waals surface area contributed by atoms with Crippen LogP contribution in [0.5, 0.6) is 0 Å². The summed E-state index contributed by atoms with van der Waals surface area (Å²) in [6.45, 7) is 5.36. The summed E-state index contributed by atoms with van der Waals surface area (Å²) in [7, 11) is 0. The number of nitrogens with zero attached hydrogens (tertiary/aromatic N) is 3. The van der Waals surface area contributed by atoms with Gasteiger partial charge in [-0.15, -0.1) is 0 Å². The minimum Gasteiger partial charge on any atom is -0.372 e. The molecule has 4 rings (SSSR count). The molecule has 3 aliphatic rings. The average Bonchev–Trinajstić information content (AvgIpc) is 3.15. The molecule has 3 heterocycles. The van der Waals surface area contributed by atoms with E-state index in [4.69, 9.17) is 4.74 Å². The van der Waals surface area contributed by atoms with Gasteiger partial charge in [-0.1, -0.05) is 12.1 Å². The number of hydrogen-bond donors (Lipinski definition) is 1. The maximum Gasteiger partial charge on any atom is 0.317 e. The van der Waals surface area contributed by atoms with Gasteiger partial charge in [0, 0.05) is 32.1 Å². The lowest BCUT2D eigenvalue weighted by molar-refractivity contribution is -0.162. The highest BCUT2D eigenvalue weighted by atomic mass is 19.1. The largest absolute Gasteiger partial charge is 0.372 e. The van der Waals surface area contributed by atoms with Crippen LogP contribution >= 0.6 is 0 Å². The van der Waals surface area contributed by atoms with Gasteiger partial charge < -0.3 is 24.8 Å². The van der Waals surface area contributed by atoms with Crippen LogP contribution in [0.4, 0.5) is 9.18 Å². The molecule has 30 heavy (non-hydrogen) atoms. The summed E-state index contributed by atoms with van der Waals surface area (Å²) in [5, 5.41) is 2.84. The Kier molecular flexibility index (Phi) is 5.64. The van der Waals surface area contributed by atoms with Crippen molar-refractivity contribution in [3.8, 4) is 0 Å². The molecule has 3 aliphatic heterocycles. The van der Waals surface area contributed by atoms with Crippen molar-refractivity contribution in [3.63, 3.8) is 0 Å². The molecule has 0 spiro atoms. The number of piperazine rings is 2. The molecular formula is C21H27FN4O4. The SMILES string of the molecule is CC(C)NC(=O)N1CCN2C(=O)[C@@H]3C[C@@H](OCc4ccc(F)cc4)CN3C(=O)[C@@H]2C1. The van der Waals surface area contributed by atoms with Crippen molar-refractivity contribution in [2.24, 2.45) is 0 Å². The third-order valence-electron chi connectivity index (χ3n) is 5.88. The van der Waals surface area contributed by atoms with Crippen molar-refractivity contribution in [3.05, 3.63) is 35.6 Å². The number of hydrogen-bond acceptors (Lipinski definition) is 4. The van der Waals surface area contributed by atoms with Gasteiger partial charge in [-0.3, -0.25) is 9.59 Å². The van der Waals surface area contributed by atoms with Crippen LogP contribution in [0.15, 0.2) is 24.3 Å². The Bertz CT molecular complexity index is 831. The number of ether oxygens (including phenoxy) is 1. The van der Waals surface area contributed by atoms with E-state index in [1.54, 1.807) is 26.8 Å². The molecule has 3 atom stereocenters. The van der Waals surface area contributed by atoms with Gasteiger partial charge in [-0.2, -0.15) is 0 Å². The number of fused-ring (bicyclic) bond motifs is 2. The number of benzene rings is 1. The van der Waals surface area contributed by atoms with E-state index in [1.165, 1.54) is 12.1 Å².